The molecule has 0 amide bonds. The molecule has 3 heteroatoms. The van der Waals surface area contributed by atoms with Crippen molar-refractivity contribution < 1.29 is 8.78 Å². The standard InChI is InChI=1S/C12H15F2N/c1-8-2-12(3-8)15-7-9-4-10(13)6-11(14)5-9/h4-6,8,12,15H,2-3,7H2,1H3. The van der Waals surface area contributed by atoms with Gasteiger partial charge in [0, 0.05) is 18.7 Å². The van der Waals surface area contributed by atoms with Crippen molar-refractivity contribution in [3.8, 4) is 0 Å². The average Bonchev–Trinajstić information content (AvgIpc) is 2.09. The second kappa shape index (κ2) is 4.27. The molecule has 1 N–H and O–H groups in total. The van der Waals surface area contributed by atoms with Crippen molar-refractivity contribution in [2.45, 2.75) is 32.4 Å². The van der Waals surface area contributed by atoms with Gasteiger partial charge in [-0.3, -0.25) is 0 Å². The Morgan fingerprint density at radius 2 is 1.80 bits per heavy atom. The molecule has 1 nitrogen and oxygen atoms in total. The number of hydrogen-bond donors (Lipinski definition) is 1. The van der Waals surface area contributed by atoms with Gasteiger partial charge < -0.3 is 5.32 Å². The first kappa shape index (κ1) is 10.6. The molecule has 0 saturated heterocycles. The second-order valence-electron chi connectivity index (χ2n) is 4.43. The minimum absolute atomic E-state index is 0.506. The summed E-state index contributed by atoms with van der Waals surface area (Å²) < 4.78 is 25.7. The third kappa shape index (κ3) is 2.75. The van der Waals surface area contributed by atoms with E-state index in [9.17, 15) is 8.78 Å². The fraction of sp³-hybridized carbons (Fsp3) is 0.500. The zero-order chi connectivity index (χ0) is 10.8. The van der Waals surface area contributed by atoms with Crippen LogP contribution in [0.1, 0.15) is 25.3 Å². The maximum absolute atomic E-state index is 12.8. The molecule has 1 aromatic carbocycles. The summed E-state index contributed by atoms with van der Waals surface area (Å²) >= 11 is 0. The van der Waals surface area contributed by atoms with Crippen LogP contribution in [0.15, 0.2) is 18.2 Å². The molecule has 0 heterocycles. The van der Waals surface area contributed by atoms with E-state index in [-0.39, 0.29) is 0 Å². The fourth-order valence-electron chi connectivity index (χ4n) is 2.04. The molecule has 82 valence electrons. The Morgan fingerprint density at radius 1 is 1.20 bits per heavy atom. The predicted molar refractivity (Wildman–Crippen MR) is 55.4 cm³/mol. The van der Waals surface area contributed by atoms with Crippen LogP contribution in [0, 0.1) is 17.6 Å². The molecular weight excluding hydrogens is 196 g/mol. The molecule has 1 saturated carbocycles. The van der Waals surface area contributed by atoms with Crippen LogP contribution < -0.4 is 5.32 Å². The van der Waals surface area contributed by atoms with E-state index in [1.165, 1.54) is 12.1 Å². The van der Waals surface area contributed by atoms with Crippen LogP contribution in [-0.4, -0.2) is 6.04 Å². The van der Waals surface area contributed by atoms with Gasteiger partial charge in [-0.25, -0.2) is 8.78 Å². The molecular formula is C12H15F2N. The molecule has 0 radical (unpaired) electrons. The van der Waals surface area contributed by atoms with E-state index in [4.69, 9.17) is 0 Å². The summed E-state index contributed by atoms with van der Waals surface area (Å²) in [5.41, 5.74) is 0.673. The van der Waals surface area contributed by atoms with Gasteiger partial charge >= 0.3 is 0 Å². The molecule has 0 bridgehead atoms. The number of hydrogen-bond acceptors (Lipinski definition) is 1. The number of nitrogens with one attached hydrogen (secondary N) is 1. The fourth-order valence-corrected chi connectivity index (χ4v) is 2.04. The van der Waals surface area contributed by atoms with E-state index >= 15 is 0 Å². The Bertz CT molecular complexity index is 325. The topological polar surface area (TPSA) is 12.0 Å². The first-order valence-corrected chi connectivity index (χ1v) is 5.32. The lowest BCUT2D eigenvalue weighted by Gasteiger charge is -2.33. The maximum Gasteiger partial charge on any atom is 0.126 e. The van der Waals surface area contributed by atoms with Crippen LogP contribution in [0.4, 0.5) is 8.78 Å². The highest BCUT2D eigenvalue weighted by molar-refractivity contribution is 5.17. The Hall–Kier alpha value is -0.960. The van der Waals surface area contributed by atoms with Crippen LogP contribution in [0.25, 0.3) is 0 Å². The summed E-state index contributed by atoms with van der Waals surface area (Å²) in [6.45, 7) is 2.76. The minimum atomic E-state index is -0.506. The van der Waals surface area contributed by atoms with Crippen molar-refractivity contribution >= 4 is 0 Å². The molecule has 0 aromatic heterocycles. The van der Waals surface area contributed by atoms with Gasteiger partial charge in [-0.05, 0) is 36.5 Å². The van der Waals surface area contributed by atoms with Gasteiger partial charge in [0.15, 0.2) is 0 Å². The van der Waals surface area contributed by atoms with Crippen LogP contribution in [-0.2, 0) is 6.54 Å². The summed E-state index contributed by atoms with van der Waals surface area (Å²) in [7, 11) is 0. The van der Waals surface area contributed by atoms with Crippen LogP contribution in [0.5, 0.6) is 0 Å². The lowest BCUT2D eigenvalue weighted by Crippen LogP contribution is -2.39. The SMILES string of the molecule is CC1CC(NCc2cc(F)cc(F)c2)C1. The first-order chi connectivity index (χ1) is 7.13. The third-order valence-electron chi connectivity index (χ3n) is 2.89. The van der Waals surface area contributed by atoms with Gasteiger partial charge in [0.25, 0.3) is 0 Å². The van der Waals surface area contributed by atoms with Crippen LogP contribution >= 0.6 is 0 Å². The molecule has 1 fully saturated rings. The highest BCUT2D eigenvalue weighted by Crippen LogP contribution is 2.26. The summed E-state index contributed by atoms with van der Waals surface area (Å²) in [4.78, 5) is 0. The van der Waals surface area contributed by atoms with Crippen molar-refractivity contribution in [3.63, 3.8) is 0 Å². The zero-order valence-electron chi connectivity index (χ0n) is 8.76. The first-order valence-electron chi connectivity index (χ1n) is 5.32. The molecule has 15 heavy (non-hydrogen) atoms. The van der Waals surface area contributed by atoms with Gasteiger partial charge in [-0.2, -0.15) is 0 Å². The maximum atomic E-state index is 12.8. The molecule has 2 rings (SSSR count). The summed E-state index contributed by atoms with van der Waals surface area (Å²) in [5, 5.41) is 3.29. The Labute approximate surface area is 88.5 Å². The van der Waals surface area contributed by atoms with E-state index < -0.39 is 11.6 Å². The zero-order valence-corrected chi connectivity index (χ0v) is 8.76. The minimum Gasteiger partial charge on any atom is -0.310 e. The van der Waals surface area contributed by atoms with E-state index in [0.717, 1.165) is 24.8 Å². The van der Waals surface area contributed by atoms with Crippen LogP contribution in [0.3, 0.4) is 0 Å². The van der Waals surface area contributed by atoms with E-state index in [0.29, 0.717) is 18.2 Å². The molecule has 0 aliphatic heterocycles. The van der Waals surface area contributed by atoms with E-state index in [2.05, 4.69) is 12.2 Å². The smallest absolute Gasteiger partial charge is 0.126 e. The van der Waals surface area contributed by atoms with E-state index in [1.54, 1.807) is 0 Å². The Balaban J connectivity index is 1.88. The summed E-state index contributed by atoms with van der Waals surface area (Å²) in [6, 6.07) is 4.16. The lowest BCUT2D eigenvalue weighted by atomic mass is 9.82. The molecule has 1 aliphatic rings. The largest absolute Gasteiger partial charge is 0.310 e. The molecule has 0 atom stereocenters. The predicted octanol–water partition coefficient (Wildman–Crippen LogP) is 2.85. The van der Waals surface area contributed by atoms with Gasteiger partial charge in [-0.15, -0.1) is 0 Å². The molecule has 1 aliphatic carbocycles. The molecule has 0 unspecified atom stereocenters. The van der Waals surface area contributed by atoms with E-state index in [1.807, 2.05) is 0 Å². The van der Waals surface area contributed by atoms with Crippen molar-refractivity contribution in [1.82, 2.24) is 5.32 Å². The molecule has 1 aromatic rings. The van der Waals surface area contributed by atoms with Crippen molar-refractivity contribution in [2.24, 2.45) is 5.92 Å². The summed E-state index contributed by atoms with van der Waals surface area (Å²) in [6.07, 6.45) is 2.33. The number of rotatable bonds is 3. The lowest BCUT2D eigenvalue weighted by molar-refractivity contribution is 0.240. The highest BCUT2D eigenvalue weighted by atomic mass is 19.1. The monoisotopic (exact) mass is 211 g/mol. The van der Waals surface area contributed by atoms with Gasteiger partial charge in [0.05, 0.1) is 0 Å². The van der Waals surface area contributed by atoms with Gasteiger partial charge in [-0.1, -0.05) is 6.92 Å². The quantitative estimate of drug-likeness (QED) is 0.810. The van der Waals surface area contributed by atoms with Crippen molar-refractivity contribution in [1.29, 1.82) is 0 Å². The second-order valence-corrected chi connectivity index (χ2v) is 4.43. The van der Waals surface area contributed by atoms with Crippen molar-refractivity contribution in [2.75, 3.05) is 0 Å². The normalized spacial score (nSPS) is 25.0. The summed E-state index contributed by atoms with van der Waals surface area (Å²) in [5.74, 6) is -0.227. The Morgan fingerprint density at radius 3 is 2.33 bits per heavy atom. The Kier molecular flexibility index (Phi) is 3.00. The number of benzene rings is 1. The highest BCUT2D eigenvalue weighted by Gasteiger charge is 2.24. The molecule has 0 spiro atoms. The third-order valence-corrected chi connectivity index (χ3v) is 2.89. The van der Waals surface area contributed by atoms with Crippen LogP contribution in [0.2, 0.25) is 0 Å². The number of halogens is 2. The average molecular weight is 211 g/mol. The van der Waals surface area contributed by atoms with Gasteiger partial charge in [0.2, 0.25) is 0 Å². The van der Waals surface area contributed by atoms with Crippen molar-refractivity contribution in [3.05, 3.63) is 35.4 Å². The van der Waals surface area contributed by atoms with Gasteiger partial charge in [0.1, 0.15) is 11.6 Å².